The van der Waals surface area contributed by atoms with Crippen molar-refractivity contribution in [3.8, 4) is 0 Å². The number of piperidine rings is 2. The zero-order valence-electron chi connectivity index (χ0n) is 20.6. The molecule has 2 heterocycles. The predicted molar refractivity (Wildman–Crippen MR) is 133 cm³/mol. The summed E-state index contributed by atoms with van der Waals surface area (Å²) in [5, 5.41) is 0. The second kappa shape index (κ2) is 13.3. The van der Waals surface area contributed by atoms with Crippen molar-refractivity contribution in [2.24, 2.45) is 0 Å². The number of carbonyl (C=O) groups excluding carboxylic acids is 2. The van der Waals surface area contributed by atoms with Gasteiger partial charge >= 0.3 is 11.9 Å². The number of rotatable bonds is 8. The molecule has 0 saturated carbocycles. The van der Waals surface area contributed by atoms with Gasteiger partial charge in [-0.2, -0.15) is 0 Å². The quantitative estimate of drug-likeness (QED) is 0.448. The minimum absolute atomic E-state index is 0. The molecule has 4 unspecified atom stereocenters. The molecule has 33 heavy (non-hydrogen) atoms. The molecule has 3 rings (SSSR count). The Kier molecular flexibility index (Phi) is 11.1. The molecular formula is C26H41ClN2O4. The summed E-state index contributed by atoms with van der Waals surface area (Å²) in [5.41, 5.74) is 0.919. The molecule has 186 valence electrons. The molecule has 0 N–H and O–H groups in total. The number of hydrogen-bond donors (Lipinski definition) is 0. The van der Waals surface area contributed by atoms with E-state index in [1.165, 1.54) is 12.8 Å². The summed E-state index contributed by atoms with van der Waals surface area (Å²) in [6, 6.07) is 7.50. The van der Waals surface area contributed by atoms with E-state index in [-0.39, 0.29) is 36.8 Å². The van der Waals surface area contributed by atoms with Crippen molar-refractivity contribution in [3.63, 3.8) is 0 Å². The van der Waals surface area contributed by atoms with E-state index in [2.05, 4.69) is 23.6 Å². The number of hydrogen-bond acceptors (Lipinski definition) is 6. The van der Waals surface area contributed by atoms with Crippen LogP contribution in [-0.2, 0) is 9.47 Å². The lowest BCUT2D eigenvalue weighted by atomic mass is 10.0. The van der Waals surface area contributed by atoms with Crippen LogP contribution in [0.3, 0.4) is 0 Å². The van der Waals surface area contributed by atoms with Crippen molar-refractivity contribution in [1.29, 1.82) is 0 Å². The molecular weight excluding hydrogens is 440 g/mol. The summed E-state index contributed by atoms with van der Waals surface area (Å²) in [4.78, 5) is 30.1. The topological polar surface area (TPSA) is 59.1 Å². The molecule has 7 heteroatoms. The third-order valence-electron chi connectivity index (χ3n) is 6.99. The summed E-state index contributed by atoms with van der Waals surface area (Å²) in [7, 11) is 0. The molecule has 1 aromatic rings. The summed E-state index contributed by atoms with van der Waals surface area (Å²) < 4.78 is 11.7. The van der Waals surface area contributed by atoms with Gasteiger partial charge in [-0.15, -0.1) is 12.4 Å². The zero-order valence-corrected chi connectivity index (χ0v) is 21.4. The number of halogens is 1. The van der Waals surface area contributed by atoms with Gasteiger partial charge in [0.1, 0.15) is 0 Å². The van der Waals surface area contributed by atoms with Crippen LogP contribution in [0.15, 0.2) is 24.3 Å². The lowest BCUT2D eigenvalue weighted by molar-refractivity contribution is -0.0598. The Morgan fingerprint density at radius 2 is 1.15 bits per heavy atom. The summed E-state index contributed by atoms with van der Waals surface area (Å²) in [6.07, 6.45) is 8.12. The molecule has 4 atom stereocenters. The summed E-state index contributed by atoms with van der Waals surface area (Å²) in [5.74, 6) is -0.689. The van der Waals surface area contributed by atoms with E-state index in [0.29, 0.717) is 23.2 Å². The molecule has 0 radical (unpaired) electrons. The molecule has 1 aromatic carbocycles. The van der Waals surface area contributed by atoms with Crippen molar-refractivity contribution >= 4 is 24.3 Å². The highest BCUT2D eigenvalue weighted by Gasteiger charge is 2.29. The lowest BCUT2D eigenvalue weighted by Gasteiger charge is -2.38. The van der Waals surface area contributed by atoms with Crippen LogP contribution in [0.25, 0.3) is 0 Å². The van der Waals surface area contributed by atoms with Gasteiger partial charge < -0.3 is 9.47 Å². The summed E-state index contributed by atoms with van der Waals surface area (Å²) in [6.45, 7) is 10.4. The third-order valence-corrected chi connectivity index (χ3v) is 6.99. The maximum absolute atomic E-state index is 12.7. The fourth-order valence-corrected chi connectivity index (χ4v) is 4.99. The van der Waals surface area contributed by atoms with Crippen LogP contribution in [0, 0.1) is 0 Å². The number of nitrogens with zero attached hydrogens (tertiary/aromatic N) is 2. The molecule has 0 aliphatic carbocycles. The van der Waals surface area contributed by atoms with Crippen LogP contribution in [-0.4, -0.2) is 59.4 Å². The van der Waals surface area contributed by atoms with Crippen molar-refractivity contribution in [2.45, 2.75) is 104 Å². The van der Waals surface area contributed by atoms with E-state index < -0.39 is 0 Å². The molecule has 0 aromatic heterocycles. The smallest absolute Gasteiger partial charge is 0.339 e. The van der Waals surface area contributed by atoms with E-state index in [9.17, 15) is 9.59 Å². The van der Waals surface area contributed by atoms with E-state index in [0.717, 1.165) is 51.6 Å². The van der Waals surface area contributed by atoms with E-state index in [1.807, 2.05) is 13.8 Å². The largest absolute Gasteiger partial charge is 0.443 e. The molecule has 6 nitrogen and oxygen atoms in total. The summed E-state index contributed by atoms with van der Waals surface area (Å²) >= 11 is 0. The van der Waals surface area contributed by atoms with Crippen LogP contribution in [0.5, 0.6) is 0 Å². The molecule has 0 spiro atoms. The number of ether oxygens (including phenoxy) is 2. The number of benzene rings is 1. The molecule has 2 saturated heterocycles. The van der Waals surface area contributed by atoms with Gasteiger partial charge in [0.25, 0.3) is 0 Å². The highest BCUT2D eigenvalue weighted by Crippen LogP contribution is 2.24. The van der Waals surface area contributed by atoms with Gasteiger partial charge in [0.2, 0.25) is 0 Å². The Labute approximate surface area is 205 Å². The van der Waals surface area contributed by atoms with Crippen LogP contribution >= 0.6 is 12.4 Å². The Morgan fingerprint density at radius 1 is 0.788 bits per heavy atom. The van der Waals surface area contributed by atoms with Crippen LogP contribution < -0.4 is 0 Å². The first-order valence-corrected chi connectivity index (χ1v) is 12.5. The van der Waals surface area contributed by atoms with Crippen LogP contribution in [0.1, 0.15) is 99.8 Å². The number of carbonyl (C=O) groups is 2. The molecule has 2 aliphatic rings. The average Bonchev–Trinajstić information content (AvgIpc) is 2.82. The Morgan fingerprint density at radius 3 is 1.45 bits per heavy atom. The molecule has 0 amide bonds. The van der Waals surface area contributed by atoms with Gasteiger partial charge in [0.15, 0.2) is 12.5 Å². The predicted octanol–water partition coefficient (Wildman–Crippen LogP) is 5.64. The maximum atomic E-state index is 12.7. The second-order valence-corrected chi connectivity index (χ2v) is 9.28. The van der Waals surface area contributed by atoms with Gasteiger partial charge in [0.05, 0.1) is 11.1 Å². The van der Waals surface area contributed by atoms with Gasteiger partial charge in [-0.25, -0.2) is 9.59 Å². The molecule has 2 aliphatic heterocycles. The van der Waals surface area contributed by atoms with E-state index >= 15 is 0 Å². The zero-order chi connectivity index (χ0) is 23.1. The number of likely N-dealkylation sites (tertiary alicyclic amines) is 2. The first-order valence-electron chi connectivity index (χ1n) is 12.5. The van der Waals surface area contributed by atoms with Gasteiger partial charge in [-0.1, -0.05) is 26.7 Å². The SMILES string of the molecule is CCC(OC(=O)c1ccc(C(=O)OC(CC)N2CCCCC2C)cc1)N1CCCCC1C.Cl. The molecule has 2 fully saturated rings. The number of esters is 2. The average molecular weight is 481 g/mol. The fourth-order valence-electron chi connectivity index (χ4n) is 4.99. The molecule has 0 bridgehead atoms. The van der Waals surface area contributed by atoms with E-state index in [1.54, 1.807) is 24.3 Å². The Hall–Kier alpha value is -1.63. The second-order valence-electron chi connectivity index (χ2n) is 9.28. The first-order chi connectivity index (χ1) is 15.4. The van der Waals surface area contributed by atoms with Crippen molar-refractivity contribution in [1.82, 2.24) is 9.80 Å². The Balaban J connectivity index is 0.00000385. The van der Waals surface area contributed by atoms with Crippen molar-refractivity contribution < 1.29 is 19.1 Å². The normalized spacial score (nSPS) is 23.8. The fraction of sp³-hybridized carbons (Fsp3) is 0.692. The van der Waals surface area contributed by atoms with Gasteiger partial charge in [-0.3, -0.25) is 9.80 Å². The highest BCUT2D eigenvalue weighted by molar-refractivity contribution is 5.93. The third kappa shape index (κ3) is 7.17. The minimum Gasteiger partial charge on any atom is -0.443 e. The monoisotopic (exact) mass is 480 g/mol. The van der Waals surface area contributed by atoms with Gasteiger partial charge in [-0.05, 0) is 76.6 Å². The standard InChI is InChI=1S/C26H40N2O4.ClH/c1-5-23(27-17-9-7-11-19(27)3)31-25(29)21-13-15-22(16-14-21)26(30)32-24(6-2)28-18-10-8-12-20(28)4;/h13-16,19-20,23-24H,5-12,17-18H2,1-4H3;1H. The Bertz CT molecular complexity index is 694. The lowest BCUT2D eigenvalue weighted by Crippen LogP contribution is -2.46. The van der Waals surface area contributed by atoms with Crippen molar-refractivity contribution in [2.75, 3.05) is 13.1 Å². The highest BCUT2D eigenvalue weighted by atomic mass is 35.5. The van der Waals surface area contributed by atoms with Gasteiger partial charge in [0, 0.05) is 25.2 Å². The van der Waals surface area contributed by atoms with Crippen molar-refractivity contribution in [3.05, 3.63) is 35.4 Å². The van der Waals surface area contributed by atoms with Crippen LogP contribution in [0.4, 0.5) is 0 Å². The first kappa shape index (κ1) is 27.6. The van der Waals surface area contributed by atoms with E-state index in [4.69, 9.17) is 9.47 Å². The minimum atomic E-state index is -0.344. The maximum Gasteiger partial charge on any atom is 0.339 e. The van der Waals surface area contributed by atoms with Crippen LogP contribution in [0.2, 0.25) is 0 Å².